The van der Waals surface area contributed by atoms with Crippen molar-refractivity contribution in [3.63, 3.8) is 0 Å². The van der Waals surface area contributed by atoms with E-state index in [1.807, 2.05) is 19.2 Å². The van der Waals surface area contributed by atoms with Gasteiger partial charge < -0.3 is 10.4 Å². The molecule has 0 bridgehead atoms. The Morgan fingerprint density at radius 3 is 2.91 bits per heavy atom. The van der Waals surface area contributed by atoms with Crippen LogP contribution in [0.3, 0.4) is 0 Å². The number of aromatic nitrogens is 1. The minimum Gasteiger partial charge on any atom is -0.394 e. The molecule has 1 heterocycles. The number of aliphatic hydroxyl groups excluding tert-OH is 1. The van der Waals surface area contributed by atoms with Gasteiger partial charge >= 0.3 is 0 Å². The highest BCUT2D eigenvalue weighted by Gasteiger charge is 2.16. The van der Waals surface area contributed by atoms with Gasteiger partial charge in [-0.15, -0.1) is 11.3 Å². The van der Waals surface area contributed by atoms with Crippen LogP contribution in [0, 0.1) is 0 Å². The molecule has 0 saturated heterocycles. The fourth-order valence-corrected chi connectivity index (χ4v) is 1.32. The second-order valence-electron chi connectivity index (χ2n) is 3.00. The van der Waals surface area contributed by atoms with Gasteiger partial charge in [-0.1, -0.05) is 0 Å². The summed E-state index contributed by atoms with van der Waals surface area (Å²) >= 11 is 1.53. The standard InChI is InChI=1S/C7H12N2OS/c1-7(2,5-10)9-6-8-3-4-11-6/h3-4,10H,5H2,1-2H3,(H,8,9). The molecular weight excluding hydrogens is 160 g/mol. The third-order valence-electron chi connectivity index (χ3n) is 1.27. The number of hydrogen-bond donors (Lipinski definition) is 2. The van der Waals surface area contributed by atoms with Gasteiger partial charge in [0.1, 0.15) is 0 Å². The summed E-state index contributed by atoms with van der Waals surface area (Å²) in [6.07, 6.45) is 1.74. The first-order valence-electron chi connectivity index (χ1n) is 3.42. The van der Waals surface area contributed by atoms with Crippen molar-refractivity contribution in [2.45, 2.75) is 19.4 Å². The van der Waals surface area contributed by atoms with E-state index in [4.69, 9.17) is 5.11 Å². The van der Waals surface area contributed by atoms with Gasteiger partial charge in [0.25, 0.3) is 0 Å². The SMILES string of the molecule is CC(C)(CO)Nc1nccs1. The zero-order chi connectivity index (χ0) is 8.32. The Hall–Kier alpha value is -0.610. The minimum absolute atomic E-state index is 0.104. The fraction of sp³-hybridized carbons (Fsp3) is 0.571. The van der Waals surface area contributed by atoms with Gasteiger partial charge in [0.2, 0.25) is 0 Å². The smallest absolute Gasteiger partial charge is 0.183 e. The molecule has 0 atom stereocenters. The van der Waals surface area contributed by atoms with Crippen LogP contribution in [0.4, 0.5) is 5.13 Å². The van der Waals surface area contributed by atoms with Crippen molar-refractivity contribution < 1.29 is 5.11 Å². The number of rotatable bonds is 3. The Bertz CT molecular complexity index is 208. The van der Waals surface area contributed by atoms with Crippen LogP contribution in [0.1, 0.15) is 13.8 Å². The van der Waals surface area contributed by atoms with Crippen LogP contribution in [0.5, 0.6) is 0 Å². The van der Waals surface area contributed by atoms with Crippen molar-refractivity contribution in [3.8, 4) is 0 Å². The molecule has 1 aromatic heterocycles. The van der Waals surface area contributed by atoms with E-state index in [-0.39, 0.29) is 12.1 Å². The summed E-state index contributed by atoms with van der Waals surface area (Å²) in [6, 6.07) is 0. The monoisotopic (exact) mass is 172 g/mol. The van der Waals surface area contributed by atoms with Crippen molar-refractivity contribution in [2.24, 2.45) is 0 Å². The molecule has 1 rings (SSSR count). The van der Waals surface area contributed by atoms with Crippen molar-refractivity contribution >= 4 is 16.5 Å². The summed E-state index contributed by atoms with van der Waals surface area (Å²) in [6.45, 7) is 3.95. The second kappa shape index (κ2) is 3.19. The number of hydrogen-bond acceptors (Lipinski definition) is 4. The first-order chi connectivity index (χ1) is 5.14. The molecule has 0 aliphatic rings. The molecule has 62 valence electrons. The summed E-state index contributed by atoms with van der Waals surface area (Å²) in [5.41, 5.74) is -0.280. The van der Waals surface area contributed by atoms with Crippen molar-refractivity contribution in [2.75, 3.05) is 11.9 Å². The quantitative estimate of drug-likeness (QED) is 0.723. The van der Waals surface area contributed by atoms with E-state index in [0.29, 0.717) is 0 Å². The summed E-state index contributed by atoms with van der Waals surface area (Å²) in [7, 11) is 0. The summed E-state index contributed by atoms with van der Waals surface area (Å²) < 4.78 is 0. The molecule has 0 fully saturated rings. The first-order valence-corrected chi connectivity index (χ1v) is 4.30. The van der Waals surface area contributed by atoms with Gasteiger partial charge in [-0.2, -0.15) is 0 Å². The Morgan fingerprint density at radius 2 is 2.45 bits per heavy atom. The molecule has 11 heavy (non-hydrogen) atoms. The number of thiazole rings is 1. The fourth-order valence-electron chi connectivity index (χ4n) is 0.614. The molecule has 0 amide bonds. The normalized spacial score (nSPS) is 11.5. The van der Waals surface area contributed by atoms with Crippen LogP contribution in [-0.4, -0.2) is 22.2 Å². The van der Waals surface area contributed by atoms with Gasteiger partial charge in [0.15, 0.2) is 5.13 Å². The van der Waals surface area contributed by atoms with Crippen molar-refractivity contribution in [1.82, 2.24) is 4.98 Å². The lowest BCUT2D eigenvalue weighted by atomic mass is 10.1. The molecule has 1 aromatic rings. The molecule has 0 unspecified atom stereocenters. The zero-order valence-corrected chi connectivity index (χ0v) is 7.48. The maximum absolute atomic E-state index is 8.91. The van der Waals surface area contributed by atoms with Gasteiger partial charge in [-0.05, 0) is 13.8 Å². The maximum atomic E-state index is 8.91. The minimum atomic E-state index is -0.280. The summed E-state index contributed by atoms with van der Waals surface area (Å²) in [5, 5.41) is 14.8. The molecule has 0 spiro atoms. The van der Waals surface area contributed by atoms with Crippen LogP contribution >= 0.6 is 11.3 Å². The lowest BCUT2D eigenvalue weighted by Gasteiger charge is -2.22. The maximum Gasteiger partial charge on any atom is 0.183 e. The Balaban J connectivity index is 2.56. The average molecular weight is 172 g/mol. The summed E-state index contributed by atoms with van der Waals surface area (Å²) in [5.74, 6) is 0. The Morgan fingerprint density at radius 1 is 1.73 bits per heavy atom. The Kier molecular flexibility index (Phi) is 2.46. The van der Waals surface area contributed by atoms with E-state index in [1.165, 1.54) is 11.3 Å². The van der Waals surface area contributed by atoms with Crippen LogP contribution < -0.4 is 5.32 Å². The van der Waals surface area contributed by atoms with E-state index < -0.39 is 0 Å². The number of aliphatic hydroxyl groups is 1. The zero-order valence-electron chi connectivity index (χ0n) is 6.66. The van der Waals surface area contributed by atoms with Gasteiger partial charge in [0, 0.05) is 11.6 Å². The van der Waals surface area contributed by atoms with Crippen LogP contribution in [0.15, 0.2) is 11.6 Å². The van der Waals surface area contributed by atoms with Gasteiger partial charge in [0.05, 0.1) is 12.1 Å². The predicted octanol–water partition coefficient (Wildman–Crippen LogP) is 1.33. The lowest BCUT2D eigenvalue weighted by molar-refractivity contribution is 0.234. The summed E-state index contributed by atoms with van der Waals surface area (Å²) in [4.78, 5) is 4.05. The van der Waals surface area contributed by atoms with E-state index >= 15 is 0 Å². The number of nitrogens with one attached hydrogen (secondary N) is 1. The molecule has 4 heteroatoms. The highest BCUT2D eigenvalue weighted by Crippen LogP contribution is 2.16. The Labute approximate surface area is 70.1 Å². The van der Waals surface area contributed by atoms with Crippen LogP contribution in [-0.2, 0) is 0 Å². The highest BCUT2D eigenvalue weighted by molar-refractivity contribution is 7.13. The molecule has 0 aliphatic carbocycles. The molecule has 0 saturated carbocycles. The third-order valence-corrected chi connectivity index (χ3v) is 1.96. The van der Waals surface area contributed by atoms with E-state index in [2.05, 4.69) is 10.3 Å². The third kappa shape index (κ3) is 2.48. The predicted molar refractivity (Wildman–Crippen MR) is 46.9 cm³/mol. The second-order valence-corrected chi connectivity index (χ2v) is 3.90. The van der Waals surface area contributed by atoms with E-state index in [1.54, 1.807) is 6.20 Å². The molecule has 0 aromatic carbocycles. The first kappa shape index (κ1) is 8.49. The van der Waals surface area contributed by atoms with Crippen LogP contribution in [0.2, 0.25) is 0 Å². The van der Waals surface area contributed by atoms with Crippen LogP contribution in [0.25, 0.3) is 0 Å². The molecular formula is C7H12N2OS. The molecule has 0 aliphatic heterocycles. The average Bonchev–Trinajstić information content (AvgIpc) is 2.39. The number of nitrogens with zero attached hydrogens (tertiary/aromatic N) is 1. The van der Waals surface area contributed by atoms with Gasteiger partial charge in [-0.25, -0.2) is 4.98 Å². The molecule has 0 radical (unpaired) electrons. The lowest BCUT2D eigenvalue weighted by Crippen LogP contribution is -2.34. The number of anilines is 1. The molecule has 3 nitrogen and oxygen atoms in total. The van der Waals surface area contributed by atoms with Crippen molar-refractivity contribution in [1.29, 1.82) is 0 Å². The largest absolute Gasteiger partial charge is 0.394 e. The van der Waals surface area contributed by atoms with Crippen molar-refractivity contribution in [3.05, 3.63) is 11.6 Å². The van der Waals surface area contributed by atoms with E-state index in [0.717, 1.165) is 5.13 Å². The topological polar surface area (TPSA) is 45.1 Å². The highest BCUT2D eigenvalue weighted by atomic mass is 32.1. The van der Waals surface area contributed by atoms with E-state index in [9.17, 15) is 0 Å². The van der Waals surface area contributed by atoms with Gasteiger partial charge in [-0.3, -0.25) is 0 Å². The molecule has 2 N–H and O–H groups in total.